The van der Waals surface area contributed by atoms with Gasteiger partial charge >= 0.3 is 0 Å². The van der Waals surface area contributed by atoms with Gasteiger partial charge in [-0.2, -0.15) is 0 Å². The van der Waals surface area contributed by atoms with E-state index < -0.39 is 0 Å². The predicted molar refractivity (Wildman–Crippen MR) is 115 cm³/mol. The first-order valence-corrected chi connectivity index (χ1v) is 10.2. The summed E-state index contributed by atoms with van der Waals surface area (Å²) in [5.74, 6) is 0.991. The van der Waals surface area contributed by atoms with Crippen LogP contribution in [0, 0.1) is 0 Å². The van der Waals surface area contributed by atoms with Crippen molar-refractivity contribution in [3.8, 4) is 5.75 Å². The van der Waals surface area contributed by atoms with Gasteiger partial charge in [0.25, 0.3) is 0 Å². The van der Waals surface area contributed by atoms with Crippen LogP contribution in [0.4, 0.5) is 5.69 Å². The Morgan fingerprint density at radius 3 is 2.21 bits per heavy atom. The lowest BCUT2D eigenvalue weighted by molar-refractivity contribution is -0.118. The van der Waals surface area contributed by atoms with E-state index in [0.717, 1.165) is 16.3 Å². The number of rotatable bonds is 8. The Hall–Kier alpha value is -2.47. The molecule has 0 saturated carbocycles. The van der Waals surface area contributed by atoms with Gasteiger partial charge in [-0.05, 0) is 47.4 Å². The molecule has 0 saturated heterocycles. The van der Waals surface area contributed by atoms with E-state index in [1.807, 2.05) is 36.4 Å². The maximum atomic E-state index is 12.0. The molecule has 0 bridgehead atoms. The van der Waals surface area contributed by atoms with Gasteiger partial charge in [-0.25, -0.2) is 0 Å². The number of carbonyl (C=O) groups is 2. The molecular formula is C22H28N2O3S. The molecule has 5 nitrogen and oxygen atoms in total. The Morgan fingerprint density at radius 2 is 1.64 bits per heavy atom. The monoisotopic (exact) mass is 400 g/mol. The molecule has 0 fully saturated rings. The third-order valence-corrected chi connectivity index (χ3v) is 4.97. The Kier molecular flexibility index (Phi) is 7.93. The third kappa shape index (κ3) is 7.64. The summed E-state index contributed by atoms with van der Waals surface area (Å²) in [5.41, 5.74) is 2.12. The normalized spacial score (nSPS) is 11.0. The van der Waals surface area contributed by atoms with Crippen molar-refractivity contribution in [2.45, 2.75) is 38.0 Å². The van der Waals surface area contributed by atoms with Crippen molar-refractivity contribution in [1.29, 1.82) is 0 Å². The number of hydrogen-bond donors (Lipinski definition) is 2. The van der Waals surface area contributed by atoms with Crippen molar-refractivity contribution in [3.05, 3.63) is 54.1 Å². The molecule has 0 aliphatic heterocycles. The highest BCUT2D eigenvalue weighted by Gasteiger charge is 2.12. The van der Waals surface area contributed by atoms with E-state index in [2.05, 4.69) is 43.5 Å². The number of benzene rings is 2. The second-order valence-corrected chi connectivity index (χ2v) is 8.52. The van der Waals surface area contributed by atoms with Gasteiger partial charge in [0.2, 0.25) is 11.8 Å². The molecule has 2 rings (SSSR count). The molecule has 0 aromatic heterocycles. The Morgan fingerprint density at radius 1 is 1.00 bits per heavy atom. The first-order valence-electron chi connectivity index (χ1n) is 9.24. The van der Waals surface area contributed by atoms with Crippen LogP contribution in [0.5, 0.6) is 5.75 Å². The summed E-state index contributed by atoms with van der Waals surface area (Å²) in [6.45, 7) is 8.88. The summed E-state index contributed by atoms with van der Waals surface area (Å²) in [5, 5.41) is 5.57. The van der Waals surface area contributed by atoms with E-state index >= 15 is 0 Å². The maximum Gasteiger partial charge on any atom is 0.230 e. The highest BCUT2D eigenvalue weighted by atomic mass is 32.2. The number of carbonyl (C=O) groups excluding carboxylic acids is 2. The minimum absolute atomic E-state index is 0.0392. The molecule has 2 amide bonds. The molecular weight excluding hydrogens is 372 g/mol. The van der Waals surface area contributed by atoms with Gasteiger partial charge in [0.05, 0.1) is 12.3 Å². The van der Waals surface area contributed by atoms with Gasteiger partial charge in [-0.1, -0.05) is 32.9 Å². The standard InChI is InChI=1S/C22H28N2O3S/c1-16(25)24-18-7-11-20(12-8-18)28-15-21(26)23-13-14-27-19-9-5-17(6-10-19)22(2,3)4/h5-12H,13-15H2,1-4H3,(H,23,26)(H,24,25). The highest BCUT2D eigenvalue weighted by Crippen LogP contribution is 2.24. The van der Waals surface area contributed by atoms with Crippen LogP contribution in [-0.4, -0.2) is 30.7 Å². The molecule has 0 unspecified atom stereocenters. The molecule has 2 aromatic rings. The number of ether oxygens (including phenoxy) is 1. The minimum atomic E-state index is -0.104. The molecule has 0 aliphatic rings. The van der Waals surface area contributed by atoms with E-state index in [1.165, 1.54) is 24.2 Å². The third-order valence-electron chi connectivity index (χ3n) is 3.96. The lowest BCUT2D eigenvalue weighted by atomic mass is 9.87. The number of nitrogens with one attached hydrogen (secondary N) is 2. The van der Waals surface area contributed by atoms with Crippen LogP contribution < -0.4 is 15.4 Å². The molecule has 0 heterocycles. The van der Waals surface area contributed by atoms with E-state index in [1.54, 1.807) is 0 Å². The molecule has 0 spiro atoms. The summed E-state index contributed by atoms with van der Waals surface area (Å²) in [6, 6.07) is 15.5. The van der Waals surface area contributed by atoms with Crippen LogP contribution in [0.15, 0.2) is 53.4 Å². The molecule has 0 atom stereocenters. The number of amides is 2. The minimum Gasteiger partial charge on any atom is -0.492 e. The SMILES string of the molecule is CC(=O)Nc1ccc(SCC(=O)NCCOc2ccc(C(C)(C)C)cc2)cc1. The van der Waals surface area contributed by atoms with Crippen molar-refractivity contribution >= 4 is 29.3 Å². The topological polar surface area (TPSA) is 67.4 Å². The number of thioether (sulfide) groups is 1. The Bertz CT molecular complexity index is 781. The quantitative estimate of drug-likeness (QED) is 0.514. The molecule has 2 aromatic carbocycles. The van der Waals surface area contributed by atoms with Gasteiger partial charge in [-0.3, -0.25) is 9.59 Å². The van der Waals surface area contributed by atoms with Crippen LogP contribution in [0.2, 0.25) is 0 Å². The molecule has 2 N–H and O–H groups in total. The second-order valence-electron chi connectivity index (χ2n) is 7.47. The summed E-state index contributed by atoms with van der Waals surface area (Å²) in [6.07, 6.45) is 0. The van der Waals surface area contributed by atoms with E-state index in [0.29, 0.717) is 18.9 Å². The number of hydrogen-bond acceptors (Lipinski definition) is 4. The van der Waals surface area contributed by atoms with Crippen LogP contribution in [0.25, 0.3) is 0 Å². The Balaban J connectivity index is 1.65. The molecule has 0 aliphatic carbocycles. The van der Waals surface area contributed by atoms with Gasteiger partial charge in [0.15, 0.2) is 0 Å². The zero-order valence-corrected chi connectivity index (χ0v) is 17.7. The molecule has 0 radical (unpaired) electrons. The first kappa shape index (κ1) is 21.8. The number of anilines is 1. The summed E-state index contributed by atoms with van der Waals surface area (Å²) < 4.78 is 5.68. The fourth-order valence-electron chi connectivity index (χ4n) is 2.45. The second kappa shape index (κ2) is 10.2. The van der Waals surface area contributed by atoms with Crippen LogP contribution in [0.3, 0.4) is 0 Å². The van der Waals surface area contributed by atoms with Crippen molar-refractivity contribution in [3.63, 3.8) is 0 Å². The Labute approximate surface area is 171 Å². The van der Waals surface area contributed by atoms with E-state index in [4.69, 9.17) is 4.74 Å². The predicted octanol–water partition coefficient (Wildman–Crippen LogP) is 4.23. The van der Waals surface area contributed by atoms with Crippen LogP contribution in [-0.2, 0) is 15.0 Å². The molecule has 150 valence electrons. The average Bonchev–Trinajstić information content (AvgIpc) is 2.64. The van der Waals surface area contributed by atoms with Gasteiger partial charge < -0.3 is 15.4 Å². The maximum absolute atomic E-state index is 12.0. The highest BCUT2D eigenvalue weighted by molar-refractivity contribution is 8.00. The zero-order chi connectivity index (χ0) is 20.6. The van der Waals surface area contributed by atoms with Crippen LogP contribution >= 0.6 is 11.8 Å². The lowest BCUT2D eigenvalue weighted by Crippen LogP contribution is -2.29. The van der Waals surface area contributed by atoms with Gasteiger partial charge in [0.1, 0.15) is 12.4 Å². The average molecular weight is 401 g/mol. The first-order chi connectivity index (χ1) is 13.2. The van der Waals surface area contributed by atoms with E-state index in [-0.39, 0.29) is 17.2 Å². The van der Waals surface area contributed by atoms with Crippen LogP contribution in [0.1, 0.15) is 33.3 Å². The molecule has 28 heavy (non-hydrogen) atoms. The zero-order valence-electron chi connectivity index (χ0n) is 16.9. The van der Waals surface area contributed by atoms with Crippen molar-refractivity contribution in [2.75, 3.05) is 24.2 Å². The fourth-order valence-corrected chi connectivity index (χ4v) is 3.18. The van der Waals surface area contributed by atoms with Gasteiger partial charge in [-0.15, -0.1) is 11.8 Å². The fraction of sp³-hybridized carbons (Fsp3) is 0.364. The summed E-state index contributed by atoms with van der Waals surface area (Å²) in [7, 11) is 0. The van der Waals surface area contributed by atoms with Crippen molar-refractivity contribution in [2.24, 2.45) is 0 Å². The smallest absolute Gasteiger partial charge is 0.230 e. The summed E-state index contributed by atoms with van der Waals surface area (Å²) in [4.78, 5) is 23.9. The van der Waals surface area contributed by atoms with Crippen molar-refractivity contribution < 1.29 is 14.3 Å². The van der Waals surface area contributed by atoms with Gasteiger partial charge in [0, 0.05) is 17.5 Å². The van der Waals surface area contributed by atoms with Crippen molar-refractivity contribution in [1.82, 2.24) is 5.32 Å². The van der Waals surface area contributed by atoms with E-state index in [9.17, 15) is 9.59 Å². The largest absolute Gasteiger partial charge is 0.492 e. The summed E-state index contributed by atoms with van der Waals surface area (Å²) >= 11 is 1.45. The molecule has 6 heteroatoms. The lowest BCUT2D eigenvalue weighted by Gasteiger charge is -2.19.